The highest BCUT2D eigenvalue weighted by atomic mass is 16.5. The first-order valence-electron chi connectivity index (χ1n) is 10.1. The smallest absolute Gasteiger partial charge is 0.235 e. The van der Waals surface area contributed by atoms with Crippen molar-refractivity contribution in [1.82, 2.24) is 10.1 Å². The highest BCUT2D eigenvalue weighted by Crippen LogP contribution is 2.50. The number of benzene rings is 1. The van der Waals surface area contributed by atoms with Crippen LogP contribution in [0.2, 0.25) is 0 Å². The minimum Gasteiger partial charge on any atom is -0.493 e. The molecule has 1 saturated carbocycles. The Hall–Kier alpha value is -2.50. The van der Waals surface area contributed by atoms with Crippen molar-refractivity contribution in [2.45, 2.75) is 56.9 Å². The van der Waals surface area contributed by atoms with Crippen molar-refractivity contribution in [3.63, 3.8) is 0 Å². The van der Waals surface area contributed by atoms with Gasteiger partial charge in [0.25, 0.3) is 0 Å². The summed E-state index contributed by atoms with van der Waals surface area (Å²) in [6.07, 6.45) is 6.11. The van der Waals surface area contributed by atoms with Crippen molar-refractivity contribution in [2.75, 3.05) is 20.8 Å². The number of likely N-dealkylation sites (tertiary alicyclic amines) is 1. The maximum Gasteiger partial charge on any atom is 0.235 e. The van der Waals surface area contributed by atoms with E-state index in [1.54, 1.807) is 14.2 Å². The molecule has 1 saturated heterocycles. The van der Waals surface area contributed by atoms with E-state index in [-0.39, 0.29) is 5.91 Å². The van der Waals surface area contributed by atoms with Gasteiger partial charge in [-0.2, -0.15) is 0 Å². The van der Waals surface area contributed by atoms with E-state index in [2.05, 4.69) is 17.0 Å². The number of amides is 1. The fraction of sp³-hybridized carbons (Fsp3) is 0.545. The van der Waals surface area contributed by atoms with Crippen molar-refractivity contribution in [2.24, 2.45) is 0 Å². The number of ether oxygens (including phenoxy) is 2. The van der Waals surface area contributed by atoms with Gasteiger partial charge in [0.05, 0.1) is 25.3 Å². The molecule has 2 aromatic rings. The Morgan fingerprint density at radius 2 is 2.00 bits per heavy atom. The maximum atomic E-state index is 13.4. The van der Waals surface area contributed by atoms with E-state index in [9.17, 15) is 4.79 Å². The van der Waals surface area contributed by atoms with Crippen LogP contribution in [0.3, 0.4) is 0 Å². The molecule has 1 aromatic heterocycles. The lowest BCUT2D eigenvalue weighted by Crippen LogP contribution is -2.48. The van der Waals surface area contributed by atoms with Gasteiger partial charge < -0.3 is 18.9 Å². The van der Waals surface area contributed by atoms with Crippen LogP contribution in [-0.2, 0) is 10.2 Å². The van der Waals surface area contributed by atoms with E-state index in [0.29, 0.717) is 23.3 Å². The summed E-state index contributed by atoms with van der Waals surface area (Å²) >= 11 is 0. The van der Waals surface area contributed by atoms with Crippen molar-refractivity contribution in [3.8, 4) is 22.8 Å². The summed E-state index contributed by atoms with van der Waals surface area (Å²) in [4.78, 5) is 15.5. The minimum absolute atomic E-state index is 0.228. The molecule has 1 unspecified atom stereocenters. The second-order valence-corrected chi connectivity index (χ2v) is 7.78. The average Bonchev–Trinajstić information content (AvgIpc) is 3.41. The molecule has 1 aliphatic heterocycles. The summed E-state index contributed by atoms with van der Waals surface area (Å²) in [5.41, 5.74) is 1.11. The summed E-state index contributed by atoms with van der Waals surface area (Å²) < 4.78 is 16.3. The topological polar surface area (TPSA) is 64.8 Å². The molecule has 0 radical (unpaired) electrons. The van der Waals surface area contributed by atoms with Crippen molar-refractivity contribution in [3.05, 3.63) is 30.0 Å². The third kappa shape index (κ3) is 3.15. The monoisotopic (exact) mass is 384 g/mol. The zero-order valence-electron chi connectivity index (χ0n) is 16.9. The van der Waals surface area contributed by atoms with Gasteiger partial charge in [0.1, 0.15) is 0 Å². The minimum atomic E-state index is -0.497. The number of hydrogen-bond acceptors (Lipinski definition) is 5. The van der Waals surface area contributed by atoms with E-state index in [1.165, 1.54) is 6.42 Å². The average molecular weight is 384 g/mol. The SMILES string of the molecule is CCC1CCCCN1C(=O)C1(c2cc(-c3ccc(OC)c(OC)c3)on2)CC1. The Kier molecular flexibility index (Phi) is 5.04. The third-order valence-corrected chi connectivity index (χ3v) is 6.19. The molecule has 2 fully saturated rings. The normalized spacial score (nSPS) is 20.7. The van der Waals surface area contributed by atoms with Crippen LogP contribution in [0.4, 0.5) is 0 Å². The molecule has 2 heterocycles. The first kappa shape index (κ1) is 18.8. The number of carbonyl (C=O) groups is 1. The number of nitrogens with zero attached hydrogens (tertiary/aromatic N) is 2. The van der Waals surface area contributed by atoms with Gasteiger partial charge in [0, 0.05) is 24.2 Å². The molecule has 1 atom stereocenters. The lowest BCUT2D eigenvalue weighted by atomic mass is 9.94. The molecule has 1 amide bonds. The number of aromatic nitrogens is 1. The van der Waals surface area contributed by atoms with Crippen LogP contribution < -0.4 is 9.47 Å². The van der Waals surface area contributed by atoms with E-state index in [1.807, 2.05) is 24.3 Å². The second kappa shape index (κ2) is 7.49. The zero-order chi connectivity index (χ0) is 19.7. The fourth-order valence-electron chi connectivity index (χ4n) is 4.30. The zero-order valence-corrected chi connectivity index (χ0v) is 16.9. The quantitative estimate of drug-likeness (QED) is 0.747. The first-order chi connectivity index (χ1) is 13.6. The van der Waals surface area contributed by atoms with Crippen LogP contribution in [0.1, 0.15) is 51.1 Å². The predicted octanol–water partition coefficient (Wildman–Crippen LogP) is 4.18. The van der Waals surface area contributed by atoms with Gasteiger partial charge in [-0.25, -0.2) is 0 Å². The maximum absolute atomic E-state index is 13.4. The number of hydrogen-bond donors (Lipinski definition) is 0. The summed E-state index contributed by atoms with van der Waals surface area (Å²) in [5, 5.41) is 4.30. The Balaban J connectivity index is 1.59. The lowest BCUT2D eigenvalue weighted by Gasteiger charge is -2.37. The van der Waals surface area contributed by atoms with Crippen LogP contribution in [0.25, 0.3) is 11.3 Å². The van der Waals surface area contributed by atoms with Gasteiger partial charge in [0.2, 0.25) is 5.91 Å². The van der Waals surface area contributed by atoms with E-state index >= 15 is 0 Å². The Bertz CT molecular complexity index is 856. The summed E-state index contributed by atoms with van der Waals surface area (Å²) in [7, 11) is 3.21. The molecule has 150 valence electrons. The molecule has 0 spiro atoms. The molecule has 0 N–H and O–H groups in total. The van der Waals surface area contributed by atoms with Crippen LogP contribution in [-0.4, -0.2) is 42.8 Å². The Labute approximate surface area is 165 Å². The van der Waals surface area contributed by atoms with Gasteiger partial charge in [-0.3, -0.25) is 4.79 Å². The Morgan fingerprint density at radius 1 is 1.21 bits per heavy atom. The number of piperidine rings is 1. The molecule has 6 heteroatoms. The fourth-order valence-corrected chi connectivity index (χ4v) is 4.30. The predicted molar refractivity (Wildman–Crippen MR) is 106 cm³/mol. The summed E-state index contributed by atoms with van der Waals surface area (Å²) in [6, 6.07) is 7.88. The standard InChI is InChI=1S/C22H28N2O4/c1-4-16-7-5-6-12-24(16)21(25)22(10-11-22)20-14-18(28-23-20)15-8-9-17(26-2)19(13-15)27-3/h8-9,13-14,16H,4-7,10-12H2,1-3H3. The van der Waals surface area contributed by atoms with Crippen molar-refractivity contribution in [1.29, 1.82) is 0 Å². The molecule has 0 bridgehead atoms. The van der Waals surface area contributed by atoms with Crippen molar-refractivity contribution >= 4 is 5.91 Å². The highest BCUT2D eigenvalue weighted by molar-refractivity contribution is 5.91. The lowest BCUT2D eigenvalue weighted by molar-refractivity contribution is -0.138. The molecule has 4 rings (SSSR count). The summed E-state index contributed by atoms with van der Waals surface area (Å²) in [6.45, 7) is 3.03. The van der Waals surface area contributed by atoms with E-state index < -0.39 is 5.41 Å². The third-order valence-electron chi connectivity index (χ3n) is 6.19. The molecule has 28 heavy (non-hydrogen) atoms. The number of rotatable bonds is 6. The molecular weight excluding hydrogens is 356 g/mol. The van der Waals surface area contributed by atoms with Gasteiger partial charge >= 0.3 is 0 Å². The number of carbonyl (C=O) groups excluding carboxylic acids is 1. The van der Waals surface area contributed by atoms with Crippen LogP contribution >= 0.6 is 0 Å². The molecule has 1 aromatic carbocycles. The van der Waals surface area contributed by atoms with Crippen LogP contribution in [0.15, 0.2) is 28.8 Å². The van der Waals surface area contributed by atoms with Gasteiger partial charge in [-0.15, -0.1) is 0 Å². The first-order valence-corrected chi connectivity index (χ1v) is 10.1. The largest absolute Gasteiger partial charge is 0.493 e. The highest BCUT2D eigenvalue weighted by Gasteiger charge is 2.56. The number of methoxy groups -OCH3 is 2. The molecule has 1 aliphatic carbocycles. The molecule has 2 aliphatic rings. The van der Waals surface area contributed by atoms with Crippen LogP contribution in [0, 0.1) is 0 Å². The summed E-state index contributed by atoms with van der Waals surface area (Å²) in [5.74, 6) is 2.16. The molecule has 6 nitrogen and oxygen atoms in total. The Morgan fingerprint density at radius 3 is 2.68 bits per heavy atom. The van der Waals surface area contributed by atoms with E-state index in [0.717, 1.165) is 49.9 Å². The van der Waals surface area contributed by atoms with Gasteiger partial charge in [0.15, 0.2) is 17.3 Å². The molecular formula is C22H28N2O4. The van der Waals surface area contributed by atoms with Gasteiger partial charge in [-0.05, 0) is 56.7 Å². The van der Waals surface area contributed by atoms with Crippen LogP contribution in [0.5, 0.6) is 11.5 Å². The van der Waals surface area contributed by atoms with E-state index in [4.69, 9.17) is 14.0 Å². The van der Waals surface area contributed by atoms with Gasteiger partial charge in [-0.1, -0.05) is 12.1 Å². The van der Waals surface area contributed by atoms with Crippen molar-refractivity contribution < 1.29 is 18.8 Å². The second-order valence-electron chi connectivity index (χ2n) is 7.78.